The maximum Gasteiger partial charge on any atom is 0.257 e. The van der Waals surface area contributed by atoms with E-state index in [4.69, 9.17) is 9.15 Å². The molecule has 9 heteroatoms. The van der Waals surface area contributed by atoms with Gasteiger partial charge in [0.1, 0.15) is 17.6 Å². The van der Waals surface area contributed by atoms with Crippen molar-refractivity contribution < 1.29 is 13.9 Å². The number of methoxy groups -OCH3 is 1. The van der Waals surface area contributed by atoms with Gasteiger partial charge in [-0.25, -0.2) is 4.98 Å². The van der Waals surface area contributed by atoms with Gasteiger partial charge in [-0.1, -0.05) is 0 Å². The lowest BCUT2D eigenvalue weighted by atomic mass is 10.1. The molecule has 1 N–H and O–H groups in total. The number of aryl methyl sites for hydroxylation is 1. The Kier molecular flexibility index (Phi) is 5.28. The van der Waals surface area contributed by atoms with Gasteiger partial charge in [0.15, 0.2) is 5.58 Å². The molecule has 32 heavy (non-hydrogen) atoms. The van der Waals surface area contributed by atoms with Crippen molar-refractivity contribution in [1.29, 1.82) is 0 Å². The number of likely N-dealkylation sites (N-methyl/N-ethyl adjacent to an activating group) is 1. The van der Waals surface area contributed by atoms with Crippen LogP contribution in [0.2, 0.25) is 0 Å². The van der Waals surface area contributed by atoms with Gasteiger partial charge in [0.05, 0.1) is 5.56 Å². The molecule has 1 saturated heterocycles. The Hall–Kier alpha value is -3.43. The summed E-state index contributed by atoms with van der Waals surface area (Å²) >= 11 is 0. The molecule has 0 aliphatic carbocycles. The quantitative estimate of drug-likeness (QED) is 0.517. The average Bonchev–Trinajstić information content (AvgIpc) is 3.36. The van der Waals surface area contributed by atoms with Gasteiger partial charge in [-0.2, -0.15) is 5.10 Å². The summed E-state index contributed by atoms with van der Waals surface area (Å²) in [6, 6.07) is 9.30. The molecule has 9 nitrogen and oxygen atoms in total. The molecule has 0 unspecified atom stereocenters. The molecule has 4 aromatic rings. The number of amides is 1. The summed E-state index contributed by atoms with van der Waals surface area (Å²) in [7, 11) is 5.61. The Labute approximate surface area is 185 Å². The van der Waals surface area contributed by atoms with Crippen molar-refractivity contribution in [2.75, 3.05) is 50.6 Å². The number of anilines is 2. The third-order valence-corrected chi connectivity index (χ3v) is 5.81. The highest BCUT2D eigenvalue weighted by Gasteiger charge is 2.21. The number of aromatic nitrogens is 3. The van der Waals surface area contributed by atoms with Crippen LogP contribution >= 0.6 is 0 Å². The minimum Gasteiger partial charge on any atom is -0.438 e. The van der Waals surface area contributed by atoms with Crippen molar-refractivity contribution in [3.63, 3.8) is 0 Å². The molecule has 0 saturated carbocycles. The van der Waals surface area contributed by atoms with Crippen LogP contribution in [0.5, 0.6) is 0 Å². The van der Waals surface area contributed by atoms with Crippen LogP contribution in [0.3, 0.4) is 0 Å². The fourth-order valence-corrected chi connectivity index (χ4v) is 4.15. The molecular formula is C23H26N6O3. The Bertz CT molecular complexity index is 1290. The second-order valence-electron chi connectivity index (χ2n) is 8.16. The van der Waals surface area contributed by atoms with Crippen LogP contribution in [0.25, 0.3) is 22.0 Å². The number of hydrogen-bond donors (Lipinski definition) is 1. The number of nitrogens with one attached hydrogen (secondary N) is 1. The first kappa shape index (κ1) is 20.5. The lowest BCUT2D eigenvalue weighted by Gasteiger charge is -2.34. The molecule has 166 valence electrons. The second kappa shape index (κ2) is 8.25. The maximum absolute atomic E-state index is 13.2. The topological polar surface area (TPSA) is 88.7 Å². The second-order valence-corrected chi connectivity index (χ2v) is 8.16. The summed E-state index contributed by atoms with van der Waals surface area (Å²) < 4.78 is 12.5. The third kappa shape index (κ3) is 3.80. The number of oxazole rings is 1. The predicted molar refractivity (Wildman–Crippen MR) is 123 cm³/mol. The van der Waals surface area contributed by atoms with Crippen LogP contribution in [0.15, 0.2) is 40.9 Å². The number of benzene rings is 2. The van der Waals surface area contributed by atoms with E-state index >= 15 is 0 Å². The van der Waals surface area contributed by atoms with Gasteiger partial charge in [0.25, 0.3) is 5.91 Å². The molecule has 2 aromatic carbocycles. The van der Waals surface area contributed by atoms with E-state index in [0.717, 1.165) is 42.8 Å². The summed E-state index contributed by atoms with van der Waals surface area (Å²) in [6.07, 6.45) is 1.98. The van der Waals surface area contributed by atoms with Crippen LogP contribution in [0.4, 0.5) is 11.4 Å². The van der Waals surface area contributed by atoms with Crippen molar-refractivity contribution in [1.82, 2.24) is 19.7 Å². The number of rotatable bonds is 5. The summed E-state index contributed by atoms with van der Waals surface area (Å²) in [5, 5.41) is 8.55. The molecule has 1 aliphatic rings. The van der Waals surface area contributed by atoms with E-state index in [-0.39, 0.29) is 5.91 Å². The largest absolute Gasteiger partial charge is 0.438 e. The molecule has 3 heterocycles. The first-order valence-corrected chi connectivity index (χ1v) is 10.6. The fourth-order valence-electron chi connectivity index (χ4n) is 4.15. The van der Waals surface area contributed by atoms with Gasteiger partial charge < -0.3 is 24.3 Å². The van der Waals surface area contributed by atoms with Crippen LogP contribution in [0, 0.1) is 0 Å². The van der Waals surface area contributed by atoms with Gasteiger partial charge in [0, 0.05) is 69.4 Å². The normalized spacial score (nSPS) is 15.0. The zero-order valence-electron chi connectivity index (χ0n) is 18.5. The van der Waals surface area contributed by atoms with Gasteiger partial charge in [0.2, 0.25) is 5.89 Å². The zero-order valence-corrected chi connectivity index (χ0v) is 18.5. The molecule has 0 atom stereocenters. The Balaban J connectivity index is 1.43. The average molecular weight is 435 g/mol. The number of carbonyl (C=O) groups is 1. The SMILES string of the molecule is COCc1nc2ccc(NC(=O)c3ccc(N4CCN(C)CC4)c4cn(C)nc34)cc2o1. The first-order valence-electron chi connectivity index (χ1n) is 10.6. The highest BCUT2D eigenvalue weighted by atomic mass is 16.5. The van der Waals surface area contributed by atoms with Crippen molar-refractivity contribution in [3.8, 4) is 0 Å². The van der Waals surface area contributed by atoms with E-state index in [2.05, 4.69) is 32.2 Å². The first-order chi connectivity index (χ1) is 15.5. The van der Waals surface area contributed by atoms with E-state index in [1.807, 2.05) is 37.5 Å². The Morgan fingerprint density at radius 3 is 2.75 bits per heavy atom. The summed E-state index contributed by atoms with van der Waals surface area (Å²) in [5.74, 6) is 0.287. The highest BCUT2D eigenvalue weighted by molar-refractivity contribution is 6.14. The van der Waals surface area contributed by atoms with Crippen molar-refractivity contribution in [2.45, 2.75) is 6.61 Å². The molecule has 2 aromatic heterocycles. The number of ether oxygens (including phenoxy) is 1. The minimum absolute atomic E-state index is 0.213. The van der Waals surface area contributed by atoms with Crippen molar-refractivity contribution in [3.05, 3.63) is 48.0 Å². The summed E-state index contributed by atoms with van der Waals surface area (Å²) in [4.78, 5) is 22.2. The van der Waals surface area contributed by atoms with Crippen molar-refractivity contribution in [2.24, 2.45) is 7.05 Å². The number of nitrogens with zero attached hydrogens (tertiary/aromatic N) is 5. The van der Waals surface area contributed by atoms with Crippen molar-refractivity contribution >= 4 is 39.3 Å². The molecule has 1 amide bonds. The van der Waals surface area contributed by atoms with E-state index in [9.17, 15) is 4.79 Å². The smallest absolute Gasteiger partial charge is 0.257 e. The number of hydrogen-bond acceptors (Lipinski definition) is 7. The fraction of sp³-hybridized carbons (Fsp3) is 0.348. The molecule has 0 bridgehead atoms. The lowest BCUT2D eigenvalue weighted by Crippen LogP contribution is -2.44. The lowest BCUT2D eigenvalue weighted by molar-refractivity contribution is 0.102. The number of carbonyl (C=O) groups excluding carboxylic acids is 1. The van der Waals surface area contributed by atoms with E-state index in [0.29, 0.717) is 34.8 Å². The van der Waals surface area contributed by atoms with Gasteiger partial charge in [-0.15, -0.1) is 0 Å². The number of piperazine rings is 1. The van der Waals surface area contributed by atoms with Gasteiger partial charge in [-0.3, -0.25) is 9.48 Å². The van der Waals surface area contributed by atoms with Gasteiger partial charge >= 0.3 is 0 Å². The van der Waals surface area contributed by atoms with Crippen LogP contribution in [-0.2, 0) is 18.4 Å². The third-order valence-electron chi connectivity index (χ3n) is 5.81. The summed E-state index contributed by atoms with van der Waals surface area (Å²) in [5.41, 5.74) is 4.31. The Morgan fingerprint density at radius 1 is 1.16 bits per heavy atom. The minimum atomic E-state index is -0.213. The summed E-state index contributed by atoms with van der Waals surface area (Å²) in [6.45, 7) is 4.23. The van der Waals surface area contributed by atoms with Gasteiger partial charge in [-0.05, 0) is 31.3 Å². The molecule has 1 aliphatic heterocycles. The van der Waals surface area contributed by atoms with E-state index in [1.54, 1.807) is 17.9 Å². The highest BCUT2D eigenvalue weighted by Crippen LogP contribution is 2.30. The van der Waals surface area contributed by atoms with E-state index in [1.165, 1.54) is 0 Å². The molecule has 5 rings (SSSR count). The maximum atomic E-state index is 13.2. The Morgan fingerprint density at radius 2 is 1.97 bits per heavy atom. The zero-order chi connectivity index (χ0) is 22.2. The van der Waals surface area contributed by atoms with Crippen LogP contribution in [0.1, 0.15) is 16.2 Å². The predicted octanol–water partition coefficient (Wildman–Crippen LogP) is 2.87. The van der Waals surface area contributed by atoms with E-state index < -0.39 is 0 Å². The molecule has 0 radical (unpaired) electrons. The number of fused-ring (bicyclic) bond motifs is 2. The standard InChI is InChI=1S/C23H26N6O3/c1-27-8-10-29(11-9-27)19-7-5-16(22-17(19)13-28(2)26-22)23(30)24-15-4-6-18-20(12-15)32-21(25-18)14-31-3/h4-7,12-13H,8-11,14H2,1-3H3,(H,24,30). The monoisotopic (exact) mass is 434 g/mol. The van der Waals surface area contributed by atoms with Crippen LogP contribution in [-0.4, -0.2) is 65.9 Å². The van der Waals surface area contributed by atoms with Crippen LogP contribution < -0.4 is 10.2 Å². The molecule has 1 fully saturated rings. The molecular weight excluding hydrogens is 408 g/mol. The molecule has 0 spiro atoms.